The second kappa shape index (κ2) is 9.72. The molecule has 3 rings (SSSR count). The maximum Gasteiger partial charge on any atom is 0.276 e. The molecule has 0 aliphatic carbocycles. The number of carbonyl (C=O) groups is 1. The van der Waals surface area contributed by atoms with Gasteiger partial charge < -0.3 is 4.74 Å². The van der Waals surface area contributed by atoms with E-state index in [-0.39, 0.29) is 22.7 Å². The van der Waals surface area contributed by atoms with Crippen LogP contribution in [0.3, 0.4) is 0 Å². The lowest BCUT2D eigenvalue weighted by molar-refractivity contribution is 0.0707. The van der Waals surface area contributed by atoms with E-state index in [0.717, 1.165) is 10.0 Å². The first-order chi connectivity index (χ1) is 15.2. The van der Waals surface area contributed by atoms with Gasteiger partial charge in [-0.2, -0.15) is 0 Å². The van der Waals surface area contributed by atoms with Gasteiger partial charge in [0.2, 0.25) is 0 Å². The van der Waals surface area contributed by atoms with Crippen LogP contribution in [0.25, 0.3) is 0 Å². The van der Waals surface area contributed by atoms with Gasteiger partial charge in [0, 0.05) is 4.47 Å². The molecule has 3 aromatic carbocycles. The van der Waals surface area contributed by atoms with Crippen molar-refractivity contribution in [2.45, 2.75) is 25.3 Å². The second-order valence-electron chi connectivity index (χ2n) is 7.24. The lowest BCUT2D eigenvalue weighted by Gasteiger charge is -2.28. The quantitative estimate of drug-likeness (QED) is 0.352. The van der Waals surface area contributed by atoms with Gasteiger partial charge in [0.25, 0.3) is 15.9 Å². The first kappa shape index (κ1) is 23.8. The van der Waals surface area contributed by atoms with Gasteiger partial charge in [-0.05, 0) is 73.0 Å². The molecule has 2 N–H and O–H groups in total. The largest absolute Gasteiger partial charge is 0.497 e. The molecule has 0 saturated carbocycles. The molecule has 9 heteroatoms. The summed E-state index contributed by atoms with van der Waals surface area (Å²) in [5.74, 6) is -0.273. The Bertz CT molecular complexity index is 1240. The molecule has 0 spiro atoms. The molecule has 0 aromatic heterocycles. The molecule has 32 heavy (non-hydrogen) atoms. The van der Waals surface area contributed by atoms with Crippen LogP contribution in [0.1, 0.15) is 27.0 Å². The molecule has 7 nitrogen and oxygen atoms in total. The Hall–Kier alpha value is -2.88. The van der Waals surface area contributed by atoms with Crippen molar-refractivity contribution in [3.8, 4) is 5.75 Å². The van der Waals surface area contributed by atoms with Gasteiger partial charge >= 0.3 is 0 Å². The summed E-state index contributed by atoms with van der Waals surface area (Å²) in [6.07, 6.45) is 0. The summed E-state index contributed by atoms with van der Waals surface area (Å²) in [6.45, 7) is 3.50. The maximum atomic E-state index is 13.8. The Morgan fingerprint density at radius 3 is 2.38 bits per heavy atom. The van der Waals surface area contributed by atoms with Crippen molar-refractivity contribution >= 4 is 37.5 Å². The van der Waals surface area contributed by atoms with Gasteiger partial charge in [0.15, 0.2) is 0 Å². The van der Waals surface area contributed by atoms with E-state index in [4.69, 9.17) is 4.74 Å². The van der Waals surface area contributed by atoms with Crippen molar-refractivity contribution in [3.05, 3.63) is 87.4 Å². The molecule has 0 aliphatic rings. The fourth-order valence-corrected chi connectivity index (χ4v) is 5.47. The number of hydroxylamine groups is 1. The molecule has 168 valence electrons. The lowest BCUT2D eigenvalue weighted by atomic mass is 10.0. The number of rotatable bonds is 7. The highest BCUT2D eigenvalue weighted by molar-refractivity contribution is 9.10. The molecule has 3 aromatic rings. The monoisotopic (exact) mass is 518 g/mol. The zero-order valence-electron chi connectivity index (χ0n) is 17.8. The topological polar surface area (TPSA) is 95.9 Å². The number of hydrogen-bond donors (Lipinski definition) is 2. The van der Waals surface area contributed by atoms with Crippen LogP contribution < -0.4 is 14.5 Å². The molecule has 0 saturated heterocycles. The van der Waals surface area contributed by atoms with E-state index in [1.807, 2.05) is 12.1 Å². The molecular formula is C23H23BrN2O5S. The average molecular weight is 519 g/mol. The van der Waals surface area contributed by atoms with E-state index in [1.54, 1.807) is 55.7 Å². The van der Waals surface area contributed by atoms with Gasteiger partial charge in [0.1, 0.15) is 5.75 Å². The van der Waals surface area contributed by atoms with Gasteiger partial charge in [0.05, 0.1) is 29.8 Å². The van der Waals surface area contributed by atoms with Crippen LogP contribution >= 0.6 is 15.9 Å². The number of hydrogen-bond acceptors (Lipinski definition) is 5. The molecular weight excluding hydrogens is 496 g/mol. The lowest BCUT2D eigenvalue weighted by Crippen LogP contribution is -2.34. The standard InChI is InChI=1S/C23H23BrN2O5S/c1-15-11-16(2)22(21(12-15)23(27)25-28)26(14-17-5-4-6-18(24)13-17)32(29,30)20-9-7-19(31-3)8-10-20/h4-13,28H,14H2,1-3H3,(H,25,27). The number of aryl methyl sites for hydroxylation is 2. The number of nitrogens with one attached hydrogen (secondary N) is 1. The minimum absolute atomic E-state index is 0.0244. The molecule has 0 unspecified atom stereocenters. The molecule has 0 radical (unpaired) electrons. The van der Waals surface area contributed by atoms with Gasteiger partial charge in [-0.3, -0.25) is 14.3 Å². The molecule has 1 amide bonds. The Morgan fingerprint density at radius 1 is 1.09 bits per heavy atom. The number of benzene rings is 3. The third kappa shape index (κ3) is 4.95. The zero-order valence-corrected chi connectivity index (χ0v) is 20.2. The van der Waals surface area contributed by atoms with Crippen molar-refractivity contribution in [2.24, 2.45) is 0 Å². The highest BCUT2D eigenvalue weighted by Gasteiger charge is 2.30. The van der Waals surface area contributed by atoms with E-state index in [0.29, 0.717) is 16.9 Å². The molecule has 0 bridgehead atoms. The number of ether oxygens (including phenoxy) is 1. The summed E-state index contributed by atoms with van der Waals surface area (Å²) in [5.41, 5.74) is 3.92. The van der Waals surface area contributed by atoms with Crippen LogP contribution in [-0.4, -0.2) is 26.6 Å². The van der Waals surface area contributed by atoms with Crippen molar-refractivity contribution in [1.82, 2.24) is 5.48 Å². The van der Waals surface area contributed by atoms with Crippen molar-refractivity contribution in [1.29, 1.82) is 0 Å². The number of nitrogens with zero attached hydrogens (tertiary/aromatic N) is 1. The number of methoxy groups -OCH3 is 1. The maximum absolute atomic E-state index is 13.8. The molecule has 0 atom stereocenters. The summed E-state index contributed by atoms with van der Waals surface area (Å²) < 4.78 is 34.7. The summed E-state index contributed by atoms with van der Waals surface area (Å²) in [6, 6.07) is 16.6. The predicted octanol–water partition coefficient (Wildman–Crippen LogP) is 4.59. The minimum Gasteiger partial charge on any atom is -0.497 e. The van der Waals surface area contributed by atoms with E-state index in [2.05, 4.69) is 15.9 Å². The van der Waals surface area contributed by atoms with Gasteiger partial charge in [-0.15, -0.1) is 0 Å². The molecule has 0 heterocycles. The summed E-state index contributed by atoms with van der Waals surface area (Å²) >= 11 is 3.41. The smallest absolute Gasteiger partial charge is 0.276 e. The Kier molecular flexibility index (Phi) is 7.22. The normalized spacial score (nSPS) is 11.2. The van der Waals surface area contributed by atoms with Crippen molar-refractivity contribution in [2.75, 3.05) is 11.4 Å². The zero-order chi connectivity index (χ0) is 23.5. The fourth-order valence-electron chi connectivity index (χ4n) is 3.48. The van der Waals surface area contributed by atoms with Crippen molar-refractivity contribution < 1.29 is 23.2 Å². The van der Waals surface area contributed by atoms with Crippen LogP contribution in [0, 0.1) is 13.8 Å². The highest BCUT2D eigenvalue weighted by atomic mass is 79.9. The SMILES string of the molecule is COc1ccc(S(=O)(=O)N(Cc2cccc(Br)c2)c2c(C)cc(C)cc2C(=O)NO)cc1. The Balaban J connectivity index is 2.25. The first-order valence-corrected chi connectivity index (χ1v) is 11.9. The Labute approximate surface area is 195 Å². The van der Waals surface area contributed by atoms with Gasteiger partial charge in [-0.1, -0.05) is 34.1 Å². The van der Waals surface area contributed by atoms with Gasteiger partial charge in [-0.25, -0.2) is 13.9 Å². The summed E-state index contributed by atoms with van der Waals surface area (Å²) in [7, 11) is -2.59. The average Bonchev–Trinajstić information content (AvgIpc) is 2.77. The van der Waals surface area contributed by atoms with Crippen LogP contribution in [0.5, 0.6) is 5.75 Å². The van der Waals surface area contributed by atoms with Crippen LogP contribution in [-0.2, 0) is 16.6 Å². The van der Waals surface area contributed by atoms with Crippen molar-refractivity contribution in [3.63, 3.8) is 0 Å². The molecule has 0 aliphatic heterocycles. The third-order valence-corrected chi connectivity index (χ3v) is 7.16. The minimum atomic E-state index is -4.09. The van der Waals surface area contributed by atoms with E-state index >= 15 is 0 Å². The highest BCUT2D eigenvalue weighted by Crippen LogP contribution is 2.34. The summed E-state index contributed by atoms with van der Waals surface area (Å²) in [4.78, 5) is 12.5. The van der Waals surface area contributed by atoms with E-state index in [1.165, 1.54) is 23.5 Å². The van der Waals surface area contributed by atoms with E-state index < -0.39 is 15.9 Å². The van der Waals surface area contributed by atoms with Crippen LogP contribution in [0.2, 0.25) is 0 Å². The third-order valence-electron chi connectivity index (χ3n) is 4.90. The Morgan fingerprint density at radius 2 is 1.78 bits per heavy atom. The number of halogens is 1. The van der Waals surface area contributed by atoms with Crippen LogP contribution in [0.4, 0.5) is 5.69 Å². The summed E-state index contributed by atoms with van der Waals surface area (Å²) in [5, 5.41) is 9.29. The second-order valence-corrected chi connectivity index (χ2v) is 10.0. The first-order valence-electron chi connectivity index (χ1n) is 9.64. The number of sulfonamides is 1. The number of amides is 1. The predicted molar refractivity (Wildman–Crippen MR) is 126 cm³/mol. The van der Waals surface area contributed by atoms with Crippen LogP contribution in [0.15, 0.2) is 70.0 Å². The molecule has 0 fully saturated rings. The van der Waals surface area contributed by atoms with E-state index in [9.17, 15) is 18.4 Å². The fraction of sp³-hybridized carbons (Fsp3) is 0.174. The number of carbonyl (C=O) groups excluding carboxylic acids is 1. The number of anilines is 1.